The van der Waals surface area contributed by atoms with Gasteiger partial charge in [0.1, 0.15) is 24.0 Å². The lowest BCUT2D eigenvalue weighted by molar-refractivity contribution is 0.0876. The van der Waals surface area contributed by atoms with E-state index in [0.29, 0.717) is 41.2 Å². The second kappa shape index (κ2) is 8.75. The van der Waals surface area contributed by atoms with Crippen LogP contribution in [0.25, 0.3) is 6.08 Å². The van der Waals surface area contributed by atoms with Gasteiger partial charge in [-0.1, -0.05) is 41.4 Å². The summed E-state index contributed by atoms with van der Waals surface area (Å²) in [4.78, 5) is 15.3. The van der Waals surface area contributed by atoms with Crippen molar-refractivity contribution < 1.29 is 19.0 Å². The van der Waals surface area contributed by atoms with Crippen LogP contribution in [-0.4, -0.2) is 24.5 Å². The maximum absolute atomic E-state index is 13.1. The molecule has 3 aromatic rings. The number of ketones is 1. The van der Waals surface area contributed by atoms with Crippen molar-refractivity contribution in [1.29, 1.82) is 0 Å². The van der Waals surface area contributed by atoms with E-state index >= 15 is 0 Å². The smallest absolute Gasteiger partial charge is 0.231 e. The first-order valence-corrected chi connectivity index (χ1v) is 11.2. The number of carbonyl (C=O) groups is 1. The van der Waals surface area contributed by atoms with E-state index < -0.39 is 0 Å². The Labute approximate surface area is 202 Å². The maximum Gasteiger partial charge on any atom is 0.231 e. The van der Waals surface area contributed by atoms with Gasteiger partial charge in [0.2, 0.25) is 5.78 Å². The standard InChI is InChI=1S/C26H21Cl2NO4/c1-15-25-18(13-29(14-32-25)12-17-6-7-21(27)22(28)9-17)11-20-24(30)23(33-26(15)20)10-16-4-3-5-19(8-16)31-2/h3-11H,12-14H2,1-2H3/b23-10-. The molecule has 0 saturated heterocycles. The van der Waals surface area contributed by atoms with Crippen molar-refractivity contribution in [2.75, 3.05) is 13.8 Å². The minimum absolute atomic E-state index is 0.139. The Balaban J connectivity index is 1.41. The summed E-state index contributed by atoms with van der Waals surface area (Å²) >= 11 is 12.2. The highest BCUT2D eigenvalue weighted by Gasteiger charge is 2.33. The summed E-state index contributed by atoms with van der Waals surface area (Å²) in [6, 6.07) is 15.0. The Bertz CT molecular complexity index is 1300. The number of fused-ring (bicyclic) bond motifs is 2. The lowest BCUT2D eigenvalue weighted by Gasteiger charge is -2.30. The van der Waals surface area contributed by atoms with Gasteiger partial charge in [-0.15, -0.1) is 0 Å². The zero-order valence-corrected chi connectivity index (χ0v) is 19.7. The van der Waals surface area contributed by atoms with E-state index in [1.807, 2.05) is 49.4 Å². The molecule has 0 N–H and O–H groups in total. The van der Waals surface area contributed by atoms with Gasteiger partial charge in [-0.05, 0) is 54.5 Å². The average Bonchev–Trinajstić information content (AvgIpc) is 3.12. The van der Waals surface area contributed by atoms with Gasteiger partial charge >= 0.3 is 0 Å². The monoisotopic (exact) mass is 481 g/mol. The summed E-state index contributed by atoms with van der Waals surface area (Å²) in [7, 11) is 1.61. The number of hydrogen-bond donors (Lipinski definition) is 0. The van der Waals surface area contributed by atoms with Gasteiger partial charge < -0.3 is 14.2 Å². The van der Waals surface area contributed by atoms with Crippen LogP contribution >= 0.6 is 23.2 Å². The number of ether oxygens (including phenoxy) is 3. The molecular weight excluding hydrogens is 461 g/mol. The summed E-state index contributed by atoms with van der Waals surface area (Å²) in [5, 5.41) is 1.06. The molecule has 0 amide bonds. The predicted molar refractivity (Wildman–Crippen MR) is 128 cm³/mol. The van der Waals surface area contributed by atoms with E-state index in [0.717, 1.165) is 33.8 Å². The Morgan fingerprint density at radius 2 is 1.94 bits per heavy atom. The Kier molecular flexibility index (Phi) is 5.79. The Morgan fingerprint density at radius 3 is 2.73 bits per heavy atom. The molecule has 3 aromatic carbocycles. The molecule has 0 spiro atoms. The molecular formula is C26H21Cl2NO4. The third kappa shape index (κ3) is 4.20. The lowest BCUT2D eigenvalue weighted by Crippen LogP contribution is -2.32. The van der Waals surface area contributed by atoms with Crippen molar-refractivity contribution >= 4 is 35.1 Å². The van der Waals surface area contributed by atoms with Crippen LogP contribution in [0.4, 0.5) is 0 Å². The molecule has 2 aliphatic rings. The van der Waals surface area contributed by atoms with Crippen molar-refractivity contribution in [3.63, 3.8) is 0 Å². The van der Waals surface area contributed by atoms with E-state index in [-0.39, 0.29) is 11.5 Å². The largest absolute Gasteiger partial charge is 0.497 e. The molecule has 168 valence electrons. The third-order valence-corrected chi connectivity index (χ3v) is 6.52. The minimum atomic E-state index is -0.139. The second-order valence-corrected chi connectivity index (χ2v) is 8.91. The first kappa shape index (κ1) is 21.8. The van der Waals surface area contributed by atoms with Gasteiger partial charge in [-0.2, -0.15) is 0 Å². The van der Waals surface area contributed by atoms with Gasteiger partial charge in [0.25, 0.3) is 0 Å². The number of carbonyl (C=O) groups excluding carboxylic acids is 1. The zero-order valence-electron chi connectivity index (χ0n) is 18.2. The van der Waals surface area contributed by atoms with Gasteiger partial charge in [0.15, 0.2) is 5.76 Å². The van der Waals surface area contributed by atoms with E-state index in [1.165, 1.54) is 0 Å². The van der Waals surface area contributed by atoms with Crippen LogP contribution in [0.5, 0.6) is 17.2 Å². The topological polar surface area (TPSA) is 48.0 Å². The molecule has 0 saturated carbocycles. The molecule has 5 nitrogen and oxygen atoms in total. The molecule has 2 heterocycles. The highest BCUT2D eigenvalue weighted by atomic mass is 35.5. The predicted octanol–water partition coefficient (Wildman–Crippen LogP) is 6.28. The number of Topliss-reactive ketones (excluding diaryl/α,β-unsaturated/α-hetero) is 1. The molecule has 0 fully saturated rings. The average molecular weight is 482 g/mol. The number of hydrogen-bond acceptors (Lipinski definition) is 5. The molecule has 2 aliphatic heterocycles. The van der Waals surface area contributed by atoms with Crippen LogP contribution in [0, 0.1) is 6.92 Å². The first-order chi connectivity index (χ1) is 15.9. The first-order valence-electron chi connectivity index (χ1n) is 10.5. The minimum Gasteiger partial charge on any atom is -0.497 e. The highest BCUT2D eigenvalue weighted by Crippen LogP contribution is 2.43. The van der Waals surface area contributed by atoms with Crippen molar-refractivity contribution in [3.8, 4) is 17.2 Å². The molecule has 33 heavy (non-hydrogen) atoms. The number of nitrogens with zero attached hydrogens (tertiary/aromatic N) is 1. The SMILES string of the molecule is COc1cccc(/C=C2\Oc3c(cc4c(c3C)OCN(Cc3ccc(Cl)c(Cl)c3)C4)C2=O)c1. The normalized spacial score (nSPS) is 16.2. The third-order valence-electron chi connectivity index (χ3n) is 5.78. The molecule has 0 aromatic heterocycles. The maximum atomic E-state index is 13.1. The van der Waals surface area contributed by atoms with Crippen LogP contribution in [0.2, 0.25) is 10.0 Å². The molecule has 0 radical (unpaired) electrons. The van der Waals surface area contributed by atoms with Crippen LogP contribution in [-0.2, 0) is 13.1 Å². The lowest BCUT2D eigenvalue weighted by atomic mass is 10.00. The molecule has 0 unspecified atom stereocenters. The Hall–Kier alpha value is -2.99. The molecule has 5 rings (SSSR count). The van der Waals surface area contributed by atoms with Gasteiger partial charge in [-0.25, -0.2) is 0 Å². The fourth-order valence-electron chi connectivity index (χ4n) is 4.18. The van der Waals surface area contributed by atoms with Crippen molar-refractivity contribution in [2.45, 2.75) is 20.0 Å². The number of rotatable bonds is 4. The van der Waals surface area contributed by atoms with E-state index in [1.54, 1.807) is 19.3 Å². The van der Waals surface area contributed by atoms with E-state index in [2.05, 4.69) is 4.90 Å². The molecule has 0 atom stereocenters. The zero-order chi connectivity index (χ0) is 23.1. The van der Waals surface area contributed by atoms with Gasteiger partial charge in [0, 0.05) is 24.2 Å². The van der Waals surface area contributed by atoms with Crippen LogP contribution in [0.1, 0.15) is 32.6 Å². The number of methoxy groups -OCH3 is 1. The van der Waals surface area contributed by atoms with Crippen LogP contribution in [0.15, 0.2) is 54.3 Å². The van der Waals surface area contributed by atoms with E-state index in [9.17, 15) is 4.79 Å². The van der Waals surface area contributed by atoms with Crippen LogP contribution < -0.4 is 14.2 Å². The number of benzene rings is 3. The fourth-order valence-corrected chi connectivity index (χ4v) is 4.50. The van der Waals surface area contributed by atoms with Gasteiger partial charge in [-0.3, -0.25) is 9.69 Å². The molecule has 7 heteroatoms. The van der Waals surface area contributed by atoms with Crippen molar-refractivity contribution in [3.05, 3.63) is 92.2 Å². The Morgan fingerprint density at radius 1 is 1.09 bits per heavy atom. The van der Waals surface area contributed by atoms with Crippen molar-refractivity contribution in [2.24, 2.45) is 0 Å². The number of allylic oxidation sites excluding steroid dienone is 1. The van der Waals surface area contributed by atoms with E-state index in [4.69, 9.17) is 37.4 Å². The number of halogens is 2. The molecule has 0 aliphatic carbocycles. The summed E-state index contributed by atoms with van der Waals surface area (Å²) in [5.41, 5.74) is 4.21. The summed E-state index contributed by atoms with van der Waals surface area (Å²) < 4.78 is 17.3. The van der Waals surface area contributed by atoms with Crippen molar-refractivity contribution in [1.82, 2.24) is 4.90 Å². The van der Waals surface area contributed by atoms with Crippen LogP contribution in [0.3, 0.4) is 0 Å². The van der Waals surface area contributed by atoms with Gasteiger partial charge in [0.05, 0.1) is 22.7 Å². The molecule has 0 bridgehead atoms. The second-order valence-electron chi connectivity index (χ2n) is 8.09. The summed E-state index contributed by atoms with van der Waals surface area (Å²) in [6.45, 7) is 3.64. The summed E-state index contributed by atoms with van der Waals surface area (Å²) in [5.74, 6) is 2.20. The fraction of sp³-hybridized carbons (Fsp3) is 0.192. The quantitative estimate of drug-likeness (QED) is 0.410. The summed E-state index contributed by atoms with van der Waals surface area (Å²) in [6.07, 6.45) is 1.74. The highest BCUT2D eigenvalue weighted by molar-refractivity contribution is 6.42.